The molecule has 22 heavy (non-hydrogen) atoms. The smallest absolute Gasteiger partial charge is 0.187 e. The summed E-state index contributed by atoms with van der Waals surface area (Å²) in [6.07, 6.45) is 2.99. The highest BCUT2D eigenvalue weighted by atomic mass is 16.3. The number of anilines is 1. The van der Waals surface area contributed by atoms with Gasteiger partial charge in [-0.05, 0) is 29.0 Å². The van der Waals surface area contributed by atoms with Gasteiger partial charge in [0.15, 0.2) is 5.78 Å². The Bertz CT molecular complexity index is 853. The number of aromatic hydroxyl groups is 1. The van der Waals surface area contributed by atoms with Crippen molar-refractivity contribution in [2.75, 3.05) is 5.32 Å². The Morgan fingerprint density at radius 2 is 1.64 bits per heavy atom. The summed E-state index contributed by atoms with van der Waals surface area (Å²) in [6, 6.07) is 20.4. The molecule has 0 aliphatic heterocycles. The van der Waals surface area contributed by atoms with E-state index >= 15 is 0 Å². The molecule has 0 amide bonds. The Morgan fingerprint density at radius 1 is 0.909 bits per heavy atom. The number of nitrogens with one attached hydrogen (secondary N) is 1. The number of ketones is 1. The van der Waals surface area contributed by atoms with Crippen LogP contribution in [0.25, 0.3) is 10.8 Å². The van der Waals surface area contributed by atoms with Gasteiger partial charge in [0.1, 0.15) is 5.75 Å². The van der Waals surface area contributed by atoms with Crippen LogP contribution in [0, 0.1) is 0 Å². The number of rotatable bonds is 4. The maximum absolute atomic E-state index is 12.2. The fraction of sp³-hybridized carbons (Fsp3) is 0. The standard InChI is InChI=1S/C19H15NO2/c21-18(11-12-20-17-7-3-4-8-19(17)22)16-10-9-14-5-1-2-6-15(14)13-16/h1-13,20,22H/b12-11+. The first-order chi connectivity index (χ1) is 10.7. The molecule has 3 aromatic rings. The van der Waals surface area contributed by atoms with Gasteiger partial charge in [0.2, 0.25) is 0 Å². The van der Waals surface area contributed by atoms with Crippen LogP contribution in [0.4, 0.5) is 5.69 Å². The molecule has 3 aromatic carbocycles. The van der Waals surface area contributed by atoms with E-state index in [4.69, 9.17) is 0 Å². The first-order valence-electron chi connectivity index (χ1n) is 6.98. The van der Waals surface area contributed by atoms with Crippen molar-refractivity contribution in [3.05, 3.63) is 84.6 Å². The number of benzene rings is 3. The molecular weight excluding hydrogens is 274 g/mol. The van der Waals surface area contributed by atoms with Crippen LogP contribution in [-0.2, 0) is 0 Å². The highest BCUT2D eigenvalue weighted by Gasteiger charge is 2.03. The number of phenols is 1. The molecule has 0 aromatic heterocycles. The van der Waals surface area contributed by atoms with E-state index in [-0.39, 0.29) is 11.5 Å². The van der Waals surface area contributed by atoms with Gasteiger partial charge in [0.05, 0.1) is 5.69 Å². The van der Waals surface area contributed by atoms with Crippen LogP contribution in [0.3, 0.4) is 0 Å². The van der Waals surface area contributed by atoms with Crippen molar-refractivity contribution in [3.8, 4) is 5.75 Å². The number of carbonyl (C=O) groups is 1. The van der Waals surface area contributed by atoms with E-state index in [1.165, 1.54) is 12.3 Å². The lowest BCUT2D eigenvalue weighted by molar-refractivity contribution is 0.104. The average molecular weight is 289 g/mol. The Kier molecular flexibility index (Phi) is 3.88. The number of hydrogen-bond acceptors (Lipinski definition) is 3. The molecule has 0 fully saturated rings. The van der Waals surface area contributed by atoms with Gasteiger partial charge in [0.25, 0.3) is 0 Å². The molecule has 0 radical (unpaired) electrons. The lowest BCUT2D eigenvalue weighted by atomic mass is 10.0. The summed E-state index contributed by atoms with van der Waals surface area (Å²) in [5.74, 6) is 0.0546. The van der Waals surface area contributed by atoms with Crippen molar-refractivity contribution in [2.24, 2.45) is 0 Å². The van der Waals surface area contributed by atoms with Crippen LogP contribution < -0.4 is 5.32 Å². The Morgan fingerprint density at radius 3 is 2.45 bits per heavy atom. The largest absolute Gasteiger partial charge is 0.506 e. The summed E-state index contributed by atoms with van der Waals surface area (Å²) in [5, 5.41) is 14.7. The minimum Gasteiger partial charge on any atom is -0.506 e. The van der Waals surface area contributed by atoms with E-state index in [0.29, 0.717) is 11.3 Å². The summed E-state index contributed by atoms with van der Waals surface area (Å²) in [7, 11) is 0. The lowest BCUT2D eigenvalue weighted by Crippen LogP contribution is -1.96. The summed E-state index contributed by atoms with van der Waals surface area (Å²) in [4.78, 5) is 12.2. The molecule has 0 bridgehead atoms. The van der Waals surface area contributed by atoms with Crippen LogP contribution in [0.2, 0.25) is 0 Å². The minimum absolute atomic E-state index is 0.0892. The summed E-state index contributed by atoms with van der Waals surface area (Å²) >= 11 is 0. The van der Waals surface area contributed by atoms with Gasteiger partial charge in [-0.15, -0.1) is 0 Å². The molecule has 0 aliphatic rings. The molecule has 0 heterocycles. The highest BCUT2D eigenvalue weighted by molar-refractivity contribution is 6.06. The van der Waals surface area contributed by atoms with Crippen molar-refractivity contribution in [1.82, 2.24) is 0 Å². The maximum Gasteiger partial charge on any atom is 0.187 e. The zero-order chi connectivity index (χ0) is 15.4. The van der Waals surface area contributed by atoms with Gasteiger partial charge in [-0.25, -0.2) is 0 Å². The molecule has 0 spiro atoms. The topological polar surface area (TPSA) is 49.3 Å². The fourth-order valence-electron chi connectivity index (χ4n) is 2.24. The second kappa shape index (κ2) is 6.14. The van der Waals surface area contributed by atoms with Crippen molar-refractivity contribution < 1.29 is 9.90 Å². The van der Waals surface area contributed by atoms with Crippen LogP contribution >= 0.6 is 0 Å². The molecule has 0 unspecified atom stereocenters. The Labute approximate surface area is 128 Å². The van der Waals surface area contributed by atoms with E-state index in [9.17, 15) is 9.90 Å². The number of allylic oxidation sites excluding steroid dienone is 1. The van der Waals surface area contributed by atoms with Crippen LogP contribution in [0.15, 0.2) is 79.0 Å². The number of fused-ring (bicyclic) bond motifs is 1. The predicted molar refractivity (Wildman–Crippen MR) is 89.1 cm³/mol. The third kappa shape index (κ3) is 2.99. The van der Waals surface area contributed by atoms with Crippen LogP contribution in [-0.4, -0.2) is 10.9 Å². The molecule has 0 atom stereocenters. The fourth-order valence-corrected chi connectivity index (χ4v) is 2.24. The molecule has 0 saturated carbocycles. The molecule has 3 nitrogen and oxygen atoms in total. The number of phenolic OH excluding ortho intramolecular Hbond substituents is 1. The third-order valence-corrected chi connectivity index (χ3v) is 3.41. The molecule has 2 N–H and O–H groups in total. The average Bonchev–Trinajstić information content (AvgIpc) is 2.56. The van der Waals surface area contributed by atoms with Gasteiger partial charge in [-0.2, -0.15) is 0 Å². The second-order valence-electron chi connectivity index (χ2n) is 4.92. The van der Waals surface area contributed by atoms with E-state index in [0.717, 1.165) is 10.8 Å². The monoisotopic (exact) mass is 289 g/mol. The lowest BCUT2D eigenvalue weighted by Gasteiger charge is -2.03. The summed E-state index contributed by atoms with van der Waals surface area (Å²) in [6.45, 7) is 0. The minimum atomic E-state index is -0.0892. The zero-order valence-corrected chi connectivity index (χ0v) is 11.9. The van der Waals surface area contributed by atoms with Crippen LogP contribution in [0.1, 0.15) is 10.4 Å². The van der Waals surface area contributed by atoms with Gasteiger partial charge in [-0.3, -0.25) is 4.79 Å². The van der Waals surface area contributed by atoms with Gasteiger partial charge >= 0.3 is 0 Å². The first-order valence-corrected chi connectivity index (χ1v) is 6.98. The predicted octanol–water partition coefficient (Wildman–Crippen LogP) is 4.35. The van der Waals surface area contributed by atoms with E-state index in [1.54, 1.807) is 24.3 Å². The van der Waals surface area contributed by atoms with Crippen molar-refractivity contribution in [2.45, 2.75) is 0 Å². The van der Waals surface area contributed by atoms with Crippen molar-refractivity contribution >= 4 is 22.2 Å². The molecule has 0 aliphatic carbocycles. The molecule has 108 valence electrons. The molecule has 3 heteroatoms. The number of hydrogen-bond donors (Lipinski definition) is 2. The third-order valence-electron chi connectivity index (χ3n) is 3.41. The summed E-state index contributed by atoms with van der Waals surface area (Å²) < 4.78 is 0. The quantitative estimate of drug-likeness (QED) is 0.426. The Balaban J connectivity index is 1.75. The zero-order valence-electron chi connectivity index (χ0n) is 11.9. The number of carbonyl (C=O) groups excluding carboxylic acids is 1. The second-order valence-corrected chi connectivity index (χ2v) is 4.92. The SMILES string of the molecule is O=C(/C=C/Nc1ccccc1O)c1ccc2ccccc2c1. The molecule has 0 saturated heterocycles. The maximum atomic E-state index is 12.2. The van der Waals surface area contributed by atoms with Gasteiger partial charge in [-0.1, -0.05) is 48.5 Å². The van der Waals surface area contributed by atoms with Crippen molar-refractivity contribution in [1.29, 1.82) is 0 Å². The first kappa shape index (κ1) is 13.9. The number of para-hydroxylation sites is 2. The van der Waals surface area contributed by atoms with E-state index in [1.807, 2.05) is 42.5 Å². The molecular formula is C19H15NO2. The summed E-state index contributed by atoms with van der Waals surface area (Å²) in [5.41, 5.74) is 1.19. The van der Waals surface area contributed by atoms with E-state index < -0.39 is 0 Å². The van der Waals surface area contributed by atoms with E-state index in [2.05, 4.69) is 5.32 Å². The highest BCUT2D eigenvalue weighted by Crippen LogP contribution is 2.21. The normalized spacial score (nSPS) is 10.9. The van der Waals surface area contributed by atoms with Crippen molar-refractivity contribution in [3.63, 3.8) is 0 Å². The van der Waals surface area contributed by atoms with Gasteiger partial charge < -0.3 is 10.4 Å². The Hall–Kier alpha value is -3.07. The van der Waals surface area contributed by atoms with Crippen LogP contribution in [0.5, 0.6) is 5.75 Å². The molecule has 3 rings (SSSR count). The van der Waals surface area contributed by atoms with Gasteiger partial charge in [0, 0.05) is 17.8 Å².